The van der Waals surface area contributed by atoms with Gasteiger partial charge in [0, 0.05) is 37.1 Å². The van der Waals surface area contributed by atoms with Gasteiger partial charge in [-0.15, -0.1) is 11.3 Å². The largest absolute Gasteiger partial charge is 0.454 e. The molecule has 9 heteroatoms. The van der Waals surface area contributed by atoms with Crippen molar-refractivity contribution in [1.82, 2.24) is 15.2 Å². The minimum absolute atomic E-state index is 0.0612. The van der Waals surface area contributed by atoms with Crippen molar-refractivity contribution in [1.29, 1.82) is 0 Å². The van der Waals surface area contributed by atoms with Gasteiger partial charge in [0.1, 0.15) is 4.88 Å². The molecule has 0 fully saturated rings. The van der Waals surface area contributed by atoms with Crippen LogP contribution in [0.2, 0.25) is 5.02 Å². The van der Waals surface area contributed by atoms with Crippen molar-refractivity contribution in [2.45, 2.75) is 26.4 Å². The molecule has 2 aliphatic heterocycles. The third kappa shape index (κ3) is 3.80. The number of amides is 2. The molecule has 0 saturated heterocycles. The summed E-state index contributed by atoms with van der Waals surface area (Å²) in [6.07, 6.45) is 2.52. The predicted molar refractivity (Wildman–Crippen MR) is 120 cm³/mol. The van der Waals surface area contributed by atoms with Crippen LogP contribution < -0.4 is 14.8 Å². The molecular formula is C23H20ClN3O4S. The number of rotatable bonds is 4. The van der Waals surface area contributed by atoms with Gasteiger partial charge >= 0.3 is 0 Å². The minimum Gasteiger partial charge on any atom is -0.454 e. The highest BCUT2D eigenvalue weighted by molar-refractivity contribution is 7.12. The maximum Gasteiger partial charge on any atom is 0.265 e. The molecule has 0 aliphatic carbocycles. The number of benzene rings is 1. The Morgan fingerprint density at radius 2 is 2.09 bits per heavy atom. The molecule has 1 aromatic carbocycles. The molecule has 2 aliphatic rings. The lowest BCUT2D eigenvalue weighted by Crippen LogP contribution is -2.37. The highest BCUT2D eigenvalue weighted by Gasteiger charge is 2.26. The number of carbonyl (C=O) groups is 2. The fraction of sp³-hybridized carbons (Fsp3) is 0.261. The van der Waals surface area contributed by atoms with E-state index in [-0.39, 0.29) is 18.6 Å². The lowest BCUT2D eigenvalue weighted by molar-refractivity contribution is 0.0739. The molecule has 0 spiro atoms. The Kier molecular flexibility index (Phi) is 5.48. The van der Waals surface area contributed by atoms with Gasteiger partial charge < -0.3 is 19.7 Å². The summed E-state index contributed by atoms with van der Waals surface area (Å²) in [6.45, 7) is 3.52. The molecular weight excluding hydrogens is 450 g/mol. The number of aromatic nitrogens is 1. The number of hydrogen-bond acceptors (Lipinski definition) is 6. The van der Waals surface area contributed by atoms with Crippen LogP contribution in [0.15, 0.2) is 35.8 Å². The number of pyridine rings is 1. The molecule has 2 amide bonds. The molecule has 164 valence electrons. The number of aryl methyl sites for hydroxylation is 1. The molecule has 0 saturated carbocycles. The summed E-state index contributed by atoms with van der Waals surface area (Å²) in [7, 11) is 0. The van der Waals surface area contributed by atoms with E-state index in [0.29, 0.717) is 53.0 Å². The normalized spacial score (nSPS) is 14.2. The number of fused-ring (bicyclic) bond motifs is 2. The molecule has 3 aromatic rings. The van der Waals surface area contributed by atoms with E-state index in [2.05, 4.69) is 10.3 Å². The van der Waals surface area contributed by atoms with Crippen LogP contribution >= 0.6 is 22.9 Å². The quantitative estimate of drug-likeness (QED) is 0.625. The molecule has 0 radical (unpaired) electrons. The average Bonchev–Trinajstić information content (AvgIpc) is 3.45. The van der Waals surface area contributed by atoms with Crippen molar-refractivity contribution in [3.63, 3.8) is 0 Å². The number of halogens is 1. The Balaban J connectivity index is 1.31. The van der Waals surface area contributed by atoms with Crippen molar-refractivity contribution in [3.05, 3.63) is 73.7 Å². The van der Waals surface area contributed by atoms with E-state index < -0.39 is 0 Å². The third-order valence-electron chi connectivity index (χ3n) is 5.75. The zero-order valence-corrected chi connectivity index (χ0v) is 18.9. The molecule has 0 unspecified atom stereocenters. The first kappa shape index (κ1) is 20.8. The van der Waals surface area contributed by atoms with Gasteiger partial charge in [0.25, 0.3) is 11.8 Å². The van der Waals surface area contributed by atoms with E-state index in [1.807, 2.05) is 18.5 Å². The number of thiophene rings is 1. The standard InChI is InChI=1S/C23H20ClN3O4S/c1-13-17(10-26-22(28)14-2-3-19-20(8-14)31-12-30-19)16-4-6-27(11-15(16)9-25-13)23(29)21-18(24)5-7-32-21/h2-3,5,7-9H,4,6,10-12H2,1H3,(H,26,28). The second-order valence-corrected chi connectivity index (χ2v) is 8.97. The van der Waals surface area contributed by atoms with Gasteiger partial charge in [0.05, 0.1) is 5.02 Å². The van der Waals surface area contributed by atoms with E-state index in [9.17, 15) is 9.59 Å². The molecule has 0 bridgehead atoms. The monoisotopic (exact) mass is 469 g/mol. The van der Waals surface area contributed by atoms with Crippen LogP contribution in [0.5, 0.6) is 11.5 Å². The SMILES string of the molecule is Cc1ncc2c(c1CNC(=O)c1ccc3c(c1)OCO3)CCN(C(=O)c1sccc1Cl)C2. The summed E-state index contributed by atoms with van der Waals surface area (Å²) in [5.74, 6) is 0.957. The van der Waals surface area contributed by atoms with Gasteiger partial charge in [-0.1, -0.05) is 11.6 Å². The van der Waals surface area contributed by atoms with E-state index in [0.717, 1.165) is 22.4 Å². The van der Waals surface area contributed by atoms with E-state index in [1.165, 1.54) is 11.3 Å². The Labute approximate surface area is 193 Å². The summed E-state index contributed by atoms with van der Waals surface area (Å²) >= 11 is 7.50. The number of nitrogens with zero attached hydrogens (tertiary/aromatic N) is 2. The predicted octanol–water partition coefficient (Wildman–Crippen LogP) is 3.96. The smallest absolute Gasteiger partial charge is 0.265 e. The number of nitrogens with one attached hydrogen (secondary N) is 1. The van der Waals surface area contributed by atoms with Crippen LogP contribution in [-0.2, 0) is 19.5 Å². The van der Waals surface area contributed by atoms with E-state index in [4.69, 9.17) is 21.1 Å². The maximum atomic E-state index is 12.9. The average molecular weight is 470 g/mol. The Hall–Kier alpha value is -3.10. The van der Waals surface area contributed by atoms with Crippen LogP contribution in [0, 0.1) is 6.92 Å². The lowest BCUT2D eigenvalue weighted by Gasteiger charge is -2.30. The fourth-order valence-electron chi connectivity index (χ4n) is 4.03. The van der Waals surface area contributed by atoms with Crippen LogP contribution in [0.25, 0.3) is 0 Å². The van der Waals surface area contributed by atoms with Crippen molar-refractivity contribution < 1.29 is 19.1 Å². The fourth-order valence-corrected chi connectivity index (χ4v) is 5.13. The van der Waals surface area contributed by atoms with Crippen LogP contribution in [0.3, 0.4) is 0 Å². The lowest BCUT2D eigenvalue weighted by atomic mass is 9.94. The second kappa shape index (κ2) is 8.44. The zero-order chi connectivity index (χ0) is 22.2. The van der Waals surface area contributed by atoms with Gasteiger partial charge in [-0.3, -0.25) is 14.6 Å². The van der Waals surface area contributed by atoms with Crippen molar-refractivity contribution in [3.8, 4) is 11.5 Å². The molecule has 7 nitrogen and oxygen atoms in total. The molecule has 32 heavy (non-hydrogen) atoms. The van der Waals surface area contributed by atoms with Gasteiger partial charge in [-0.2, -0.15) is 0 Å². The first-order chi connectivity index (χ1) is 15.5. The van der Waals surface area contributed by atoms with Gasteiger partial charge in [0.15, 0.2) is 11.5 Å². The Bertz CT molecular complexity index is 1230. The van der Waals surface area contributed by atoms with Crippen LogP contribution in [-0.4, -0.2) is 35.0 Å². The summed E-state index contributed by atoms with van der Waals surface area (Å²) in [5, 5.41) is 5.29. The first-order valence-corrected chi connectivity index (χ1v) is 11.4. The number of hydrogen-bond donors (Lipinski definition) is 1. The highest BCUT2D eigenvalue weighted by atomic mass is 35.5. The zero-order valence-electron chi connectivity index (χ0n) is 17.3. The molecule has 2 aromatic heterocycles. The Morgan fingerprint density at radius 3 is 2.91 bits per heavy atom. The maximum absolute atomic E-state index is 12.9. The van der Waals surface area contributed by atoms with Crippen molar-refractivity contribution >= 4 is 34.8 Å². The summed E-state index contributed by atoms with van der Waals surface area (Å²) in [6, 6.07) is 6.87. The Morgan fingerprint density at radius 1 is 1.25 bits per heavy atom. The second-order valence-electron chi connectivity index (χ2n) is 7.65. The van der Waals surface area contributed by atoms with Gasteiger partial charge in [0.2, 0.25) is 6.79 Å². The van der Waals surface area contributed by atoms with Gasteiger partial charge in [-0.05, 0) is 59.7 Å². The van der Waals surface area contributed by atoms with Gasteiger partial charge in [-0.25, -0.2) is 0 Å². The van der Waals surface area contributed by atoms with Crippen molar-refractivity contribution in [2.75, 3.05) is 13.3 Å². The third-order valence-corrected chi connectivity index (χ3v) is 7.08. The van der Waals surface area contributed by atoms with Crippen LogP contribution in [0.4, 0.5) is 0 Å². The number of carbonyl (C=O) groups excluding carboxylic acids is 2. The van der Waals surface area contributed by atoms with Crippen LogP contribution in [0.1, 0.15) is 42.4 Å². The topological polar surface area (TPSA) is 80.8 Å². The summed E-state index contributed by atoms with van der Waals surface area (Å²) < 4.78 is 10.7. The molecule has 5 rings (SSSR count). The van der Waals surface area contributed by atoms with E-state index >= 15 is 0 Å². The highest BCUT2D eigenvalue weighted by Crippen LogP contribution is 2.33. The molecule has 0 atom stereocenters. The minimum atomic E-state index is -0.194. The first-order valence-electron chi connectivity index (χ1n) is 10.2. The number of ether oxygens (including phenoxy) is 2. The summed E-state index contributed by atoms with van der Waals surface area (Å²) in [5.41, 5.74) is 4.52. The summed E-state index contributed by atoms with van der Waals surface area (Å²) in [4.78, 5) is 32.4. The molecule has 1 N–H and O–H groups in total. The van der Waals surface area contributed by atoms with Crippen molar-refractivity contribution in [2.24, 2.45) is 0 Å². The van der Waals surface area contributed by atoms with E-state index in [1.54, 1.807) is 29.2 Å². The molecule has 4 heterocycles.